The van der Waals surface area contributed by atoms with E-state index in [0.717, 1.165) is 25.7 Å². The Morgan fingerprint density at radius 1 is 1.40 bits per heavy atom. The zero-order valence-electron chi connectivity index (χ0n) is 12.5. The van der Waals surface area contributed by atoms with Crippen molar-refractivity contribution < 1.29 is 5.11 Å². The van der Waals surface area contributed by atoms with Crippen LogP contribution in [0.1, 0.15) is 57.4 Å². The maximum atomic E-state index is 10.6. The first kappa shape index (κ1) is 15.1. The topological polar surface area (TPSA) is 44.0 Å². The number of aliphatic hydroxyl groups is 1. The number of rotatable bonds is 5. The molecule has 2 heteroatoms. The van der Waals surface area contributed by atoms with Gasteiger partial charge in [-0.1, -0.05) is 50.6 Å². The first-order valence-corrected chi connectivity index (χ1v) is 7.75. The van der Waals surface area contributed by atoms with Gasteiger partial charge in [0.05, 0.1) is 17.6 Å². The molecule has 0 saturated heterocycles. The van der Waals surface area contributed by atoms with Gasteiger partial charge in [-0.25, -0.2) is 0 Å². The molecular formula is C18H25NO. The van der Waals surface area contributed by atoms with Crippen LogP contribution in [0.5, 0.6) is 0 Å². The molecule has 0 aromatic heterocycles. The van der Waals surface area contributed by atoms with Gasteiger partial charge in [0.1, 0.15) is 0 Å². The fraction of sp³-hybridized carbons (Fsp3) is 0.611. The molecule has 20 heavy (non-hydrogen) atoms. The lowest BCUT2D eigenvalue weighted by molar-refractivity contribution is 0.0522. The lowest BCUT2D eigenvalue weighted by Crippen LogP contribution is -2.32. The minimum Gasteiger partial charge on any atom is -0.391 e. The molecule has 4 atom stereocenters. The molecule has 1 fully saturated rings. The normalized spacial score (nSPS) is 28.8. The minimum absolute atomic E-state index is 0.289. The van der Waals surface area contributed by atoms with E-state index in [-0.39, 0.29) is 5.92 Å². The van der Waals surface area contributed by atoms with E-state index in [1.54, 1.807) is 0 Å². The van der Waals surface area contributed by atoms with E-state index >= 15 is 0 Å². The first-order chi connectivity index (χ1) is 9.61. The van der Waals surface area contributed by atoms with E-state index in [1.165, 1.54) is 5.56 Å². The Hall–Kier alpha value is -1.33. The van der Waals surface area contributed by atoms with Crippen molar-refractivity contribution in [3.8, 4) is 6.07 Å². The van der Waals surface area contributed by atoms with E-state index in [4.69, 9.17) is 0 Å². The fourth-order valence-electron chi connectivity index (χ4n) is 3.49. The molecule has 1 saturated carbocycles. The van der Waals surface area contributed by atoms with Crippen LogP contribution in [0.2, 0.25) is 0 Å². The van der Waals surface area contributed by atoms with Gasteiger partial charge in [-0.05, 0) is 43.1 Å². The molecule has 0 aliphatic heterocycles. The molecule has 108 valence electrons. The second-order valence-corrected chi connectivity index (χ2v) is 6.35. The van der Waals surface area contributed by atoms with E-state index in [9.17, 15) is 10.4 Å². The molecule has 0 heterocycles. The Bertz CT molecular complexity index is 464. The van der Waals surface area contributed by atoms with Crippen LogP contribution < -0.4 is 0 Å². The molecule has 1 aromatic rings. The highest BCUT2D eigenvalue weighted by Crippen LogP contribution is 2.47. The van der Waals surface area contributed by atoms with Crippen LogP contribution in [0.25, 0.3) is 0 Å². The highest BCUT2D eigenvalue weighted by Gasteiger charge is 2.44. The molecule has 1 aliphatic carbocycles. The molecule has 2 nitrogen and oxygen atoms in total. The van der Waals surface area contributed by atoms with Crippen molar-refractivity contribution in [1.82, 2.24) is 0 Å². The average molecular weight is 271 g/mol. The quantitative estimate of drug-likeness (QED) is 0.869. The summed E-state index contributed by atoms with van der Waals surface area (Å²) in [4.78, 5) is 0. The summed E-state index contributed by atoms with van der Waals surface area (Å²) in [6.07, 6.45) is 4.08. The molecule has 1 N–H and O–H groups in total. The molecular weight excluding hydrogens is 246 g/mol. The summed E-state index contributed by atoms with van der Waals surface area (Å²) >= 11 is 0. The van der Waals surface area contributed by atoms with Gasteiger partial charge < -0.3 is 5.11 Å². The summed E-state index contributed by atoms with van der Waals surface area (Å²) in [6.45, 7) is 4.31. The van der Waals surface area contributed by atoms with Gasteiger partial charge in [0.15, 0.2) is 0 Å². The molecule has 0 bridgehead atoms. The smallest absolute Gasteiger partial charge is 0.0835 e. The van der Waals surface area contributed by atoms with Crippen LogP contribution in [-0.2, 0) is 0 Å². The summed E-state index contributed by atoms with van der Waals surface area (Å²) in [5.41, 5.74) is 0.730. The summed E-state index contributed by atoms with van der Waals surface area (Å²) in [7, 11) is 0. The molecule has 0 amide bonds. The van der Waals surface area contributed by atoms with Crippen molar-refractivity contribution >= 4 is 0 Å². The Balaban J connectivity index is 2.04. The number of hydrogen-bond donors (Lipinski definition) is 1. The second-order valence-electron chi connectivity index (χ2n) is 6.35. The number of nitrogens with zero attached hydrogens (tertiary/aromatic N) is 1. The Morgan fingerprint density at radius 2 is 2.10 bits per heavy atom. The SMILES string of the molecule is CCC1CCC(C#N)(C(O)CC(C)c2ccccc2)C1. The molecule has 1 aromatic carbocycles. The number of benzene rings is 1. The first-order valence-electron chi connectivity index (χ1n) is 7.75. The predicted molar refractivity (Wildman–Crippen MR) is 81.2 cm³/mol. The minimum atomic E-state index is -0.515. The maximum Gasteiger partial charge on any atom is 0.0835 e. The van der Waals surface area contributed by atoms with Crippen molar-refractivity contribution in [1.29, 1.82) is 5.26 Å². The van der Waals surface area contributed by atoms with Gasteiger partial charge in [-0.3, -0.25) is 0 Å². The van der Waals surface area contributed by atoms with E-state index < -0.39 is 11.5 Å². The molecule has 0 radical (unpaired) electrons. The maximum absolute atomic E-state index is 10.6. The highest BCUT2D eigenvalue weighted by molar-refractivity contribution is 5.19. The lowest BCUT2D eigenvalue weighted by Gasteiger charge is -2.29. The second kappa shape index (κ2) is 6.41. The van der Waals surface area contributed by atoms with Gasteiger partial charge >= 0.3 is 0 Å². The molecule has 1 aliphatic rings. The Kier molecular flexibility index (Phi) is 4.83. The van der Waals surface area contributed by atoms with Crippen molar-refractivity contribution in [3.05, 3.63) is 35.9 Å². The summed E-state index contributed by atoms with van der Waals surface area (Å²) in [6, 6.07) is 12.7. The van der Waals surface area contributed by atoms with Gasteiger partial charge in [-0.2, -0.15) is 5.26 Å². The Morgan fingerprint density at radius 3 is 2.65 bits per heavy atom. The Labute approximate surface area is 122 Å². The number of aliphatic hydroxyl groups excluding tert-OH is 1. The third-order valence-electron chi connectivity index (χ3n) is 5.03. The molecule has 0 spiro atoms. The van der Waals surface area contributed by atoms with Gasteiger partial charge in [-0.15, -0.1) is 0 Å². The van der Waals surface area contributed by atoms with Crippen LogP contribution in [0.3, 0.4) is 0 Å². The summed E-state index contributed by atoms with van der Waals surface area (Å²) < 4.78 is 0. The van der Waals surface area contributed by atoms with Crippen molar-refractivity contribution in [3.63, 3.8) is 0 Å². The van der Waals surface area contributed by atoms with Crippen LogP contribution in [0.4, 0.5) is 0 Å². The van der Waals surface area contributed by atoms with Crippen molar-refractivity contribution in [2.45, 2.75) is 58.0 Å². The number of nitriles is 1. The van der Waals surface area contributed by atoms with E-state index in [2.05, 4.69) is 32.0 Å². The average Bonchev–Trinajstić information content (AvgIpc) is 2.93. The molecule has 2 rings (SSSR count). The van der Waals surface area contributed by atoms with E-state index in [0.29, 0.717) is 12.3 Å². The van der Waals surface area contributed by atoms with Crippen LogP contribution in [0, 0.1) is 22.7 Å². The third-order valence-corrected chi connectivity index (χ3v) is 5.03. The monoisotopic (exact) mass is 271 g/mol. The third kappa shape index (κ3) is 3.04. The van der Waals surface area contributed by atoms with Gasteiger partial charge in [0.25, 0.3) is 0 Å². The van der Waals surface area contributed by atoms with Crippen molar-refractivity contribution in [2.75, 3.05) is 0 Å². The van der Waals surface area contributed by atoms with E-state index in [1.807, 2.05) is 18.2 Å². The zero-order chi connectivity index (χ0) is 14.6. The standard InChI is InChI=1S/C18H25NO/c1-3-15-9-10-18(12-15,13-19)17(20)11-14(2)16-7-5-4-6-8-16/h4-8,14-15,17,20H,3,9-12H2,1-2H3. The van der Waals surface area contributed by atoms with Crippen LogP contribution in [0.15, 0.2) is 30.3 Å². The summed E-state index contributed by atoms with van der Waals surface area (Å²) in [5, 5.41) is 20.2. The van der Waals surface area contributed by atoms with Crippen LogP contribution in [-0.4, -0.2) is 11.2 Å². The lowest BCUT2D eigenvalue weighted by atomic mass is 9.76. The predicted octanol–water partition coefficient (Wildman–Crippen LogP) is 4.26. The summed E-state index contributed by atoms with van der Waals surface area (Å²) in [5.74, 6) is 0.897. The molecule has 4 unspecified atom stereocenters. The van der Waals surface area contributed by atoms with Crippen molar-refractivity contribution in [2.24, 2.45) is 11.3 Å². The largest absolute Gasteiger partial charge is 0.391 e. The number of hydrogen-bond acceptors (Lipinski definition) is 2. The highest BCUT2D eigenvalue weighted by atomic mass is 16.3. The van der Waals surface area contributed by atoms with Gasteiger partial charge in [0, 0.05) is 0 Å². The zero-order valence-corrected chi connectivity index (χ0v) is 12.5. The van der Waals surface area contributed by atoms with Crippen LogP contribution >= 0.6 is 0 Å². The fourth-order valence-corrected chi connectivity index (χ4v) is 3.49. The van der Waals surface area contributed by atoms with Gasteiger partial charge in [0.2, 0.25) is 0 Å².